The summed E-state index contributed by atoms with van der Waals surface area (Å²) in [5.74, 6) is -0.0480. The number of Topliss-reactive ketones (excluding diaryl/α,β-unsaturated/α-hetero) is 1. The Morgan fingerprint density at radius 3 is 2.47 bits per heavy atom. The highest BCUT2D eigenvalue weighted by Gasteiger charge is 2.32. The minimum atomic E-state index is -0.121. The summed E-state index contributed by atoms with van der Waals surface area (Å²) in [6.45, 7) is 6.92. The third-order valence-corrected chi connectivity index (χ3v) is 6.48. The van der Waals surface area contributed by atoms with Gasteiger partial charge in [-0.2, -0.15) is 4.57 Å². The summed E-state index contributed by atoms with van der Waals surface area (Å²) in [7, 11) is 1.65. The van der Waals surface area contributed by atoms with Crippen LogP contribution in [0.5, 0.6) is 0 Å². The maximum absolute atomic E-state index is 13.1. The van der Waals surface area contributed by atoms with Crippen LogP contribution in [0, 0.1) is 26.7 Å². The number of benzene rings is 2. The predicted octanol–water partition coefficient (Wildman–Crippen LogP) is 0.909. The average molecular weight is 493 g/mol. The number of carbonyl (C=O) groups excluding carboxylic acids is 2. The molecule has 1 heterocycles. The number of ketones is 1. The van der Waals surface area contributed by atoms with Crippen LogP contribution in [0.2, 0.25) is 0 Å². The zero-order valence-electron chi connectivity index (χ0n) is 19.0. The lowest BCUT2D eigenvalue weighted by Crippen LogP contribution is -3.00. The van der Waals surface area contributed by atoms with Gasteiger partial charge >= 0.3 is 0 Å². The molecule has 5 heteroatoms. The number of amides is 1. The number of nitrogens with zero attached hydrogens (tertiary/aromatic N) is 1. The minimum absolute atomic E-state index is 0. The van der Waals surface area contributed by atoms with E-state index in [2.05, 4.69) is 37.4 Å². The first-order chi connectivity index (χ1) is 14.9. The lowest BCUT2D eigenvalue weighted by atomic mass is 9.93. The van der Waals surface area contributed by atoms with Crippen LogP contribution in [-0.2, 0) is 19.4 Å². The molecule has 1 aliphatic rings. The zero-order valence-corrected chi connectivity index (χ0v) is 20.6. The Balaban J connectivity index is 0.00000289. The molecule has 0 saturated carbocycles. The number of hydrogen-bond donors (Lipinski definition) is 1. The van der Waals surface area contributed by atoms with Gasteiger partial charge in [0.25, 0.3) is 5.91 Å². The van der Waals surface area contributed by atoms with E-state index in [-0.39, 0.29) is 34.6 Å². The molecule has 1 atom stereocenters. The summed E-state index contributed by atoms with van der Waals surface area (Å²) in [5.41, 5.74) is 8.33. The highest BCUT2D eigenvalue weighted by atomic mass is 79.9. The molecular formula is C27H29BrN2O2. The van der Waals surface area contributed by atoms with Crippen LogP contribution in [0.4, 0.5) is 0 Å². The van der Waals surface area contributed by atoms with Crippen molar-refractivity contribution >= 4 is 11.7 Å². The van der Waals surface area contributed by atoms with E-state index in [1.54, 1.807) is 7.05 Å². The molecular weight excluding hydrogens is 464 g/mol. The Hall–Kier alpha value is -2.79. The van der Waals surface area contributed by atoms with Crippen LogP contribution in [-0.4, -0.2) is 18.7 Å². The first kappa shape index (κ1) is 23.9. The standard InChI is InChI=1S/C27H28N2O2.BrH/c1-17-7-5-6-8-21(17)15-29-10-9-20(25(16-29)27(31)28-4)13-23-14-22-11-18(2)19(3)12-24(22)26(23)30;/h5-12,16,23H,13-15H2,1-4H3;1H. The number of carbonyl (C=O) groups is 2. The molecule has 1 aromatic heterocycles. The van der Waals surface area contributed by atoms with Gasteiger partial charge in [0, 0.05) is 30.2 Å². The van der Waals surface area contributed by atoms with E-state index in [0.717, 1.165) is 28.7 Å². The van der Waals surface area contributed by atoms with Crippen molar-refractivity contribution in [1.82, 2.24) is 5.32 Å². The van der Waals surface area contributed by atoms with E-state index >= 15 is 0 Å². The number of pyridine rings is 1. The molecule has 1 unspecified atom stereocenters. The Morgan fingerprint density at radius 2 is 1.75 bits per heavy atom. The first-order valence-electron chi connectivity index (χ1n) is 10.8. The normalized spacial score (nSPS) is 14.6. The Kier molecular flexibility index (Phi) is 7.29. The summed E-state index contributed by atoms with van der Waals surface area (Å²) in [6, 6.07) is 14.4. The second-order valence-corrected chi connectivity index (χ2v) is 8.62. The molecule has 1 amide bonds. The van der Waals surface area contributed by atoms with Crippen molar-refractivity contribution < 1.29 is 31.1 Å². The lowest BCUT2D eigenvalue weighted by molar-refractivity contribution is -0.688. The minimum Gasteiger partial charge on any atom is -1.00 e. The van der Waals surface area contributed by atoms with Crippen molar-refractivity contribution in [2.75, 3.05) is 7.05 Å². The predicted molar refractivity (Wildman–Crippen MR) is 121 cm³/mol. The van der Waals surface area contributed by atoms with Crippen LogP contribution < -0.4 is 26.9 Å². The summed E-state index contributed by atoms with van der Waals surface area (Å²) in [5, 5.41) is 2.76. The SMILES string of the molecule is CNC(=O)c1c[n+](Cc2ccccc2C)ccc1CC1Cc2cc(C)c(C)cc2C1=O.[Br-]. The smallest absolute Gasteiger partial charge is 0.257 e. The molecule has 0 radical (unpaired) electrons. The molecule has 1 N–H and O–H groups in total. The number of fused-ring (bicyclic) bond motifs is 1. The Bertz CT molecular complexity index is 1190. The topological polar surface area (TPSA) is 50.1 Å². The van der Waals surface area contributed by atoms with E-state index in [4.69, 9.17) is 0 Å². The van der Waals surface area contributed by atoms with E-state index in [1.807, 2.05) is 48.1 Å². The van der Waals surface area contributed by atoms with Crippen molar-refractivity contribution in [3.05, 3.63) is 99.4 Å². The monoisotopic (exact) mass is 492 g/mol. The number of aryl methyl sites for hydroxylation is 3. The molecule has 0 aliphatic heterocycles. The molecule has 32 heavy (non-hydrogen) atoms. The van der Waals surface area contributed by atoms with Gasteiger partial charge in [0.15, 0.2) is 24.7 Å². The van der Waals surface area contributed by atoms with Gasteiger partial charge < -0.3 is 22.3 Å². The quantitative estimate of drug-likeness (QED) is 0.538. The molecule has 4 rings (SSSR count). The summed E-state index contributed by atoms with van der Waals surface area (Å²) in [4.78, 5) is 25.7. The molecule has 1 aliphatic carbocycles. The van der Waals surface area contributed by atoms with E-state index in [1.165, 1.54) is 16.7 Å². The fourth-order valence-corrected chi connectivity index (χ4v) is 4.45. The molecule has 0 bridgehead atoms. The first-order valence-corrected chi connectivity index (χ1v) is 10.8. The Labute approximate surface area is 200 Å². The number of hydrogen-bond acceptors (Lipinski definition) is 2. The summed E-state index contributed by atoms with van der Waals surface area (Å²) < 4.78 is 2.04. The van der Waals surface area contributed by atoms with Crippen molar-refractivity contribution in [2.45, 2.75) is 40.2 Å². The molecule has 2 aromatic carbocycles. The highest BCUT2D eigenvalue weighted by Crippen LogP contribution is 2.31. The van der Waals surface area contributed by atoms with Crippen LogP contribution >= 0.6 is 0 Å². The van der Waals surface area contributed by atoms with Gasteiger partial charge in [-0.25, -0.2) is 0 Å². The van der Waals surface area contributed by atoms with Gasteiger partial charge in [0.05, 0.1) is 0 Å². The molecule has 166 valence electrons. The fourth-order valence-electron chi connectivity index (χ4n) is 4.45. The zero-order chi connectivity index (χ0) is 22.1. The van der Waals surface area contributed by atoms with Crippen molar-refractivity contribution in [2.24, 2.45) is 5.92 Å². The summed E-state index contributed by atoms with van der Waals surface area (Å²) in [6.07, 6.45) is 5.22. The number of aromatic nitrogens is 1. The highest BCUT2D eigenvalue weighted by molar-refractivity contribution is 6.03. The lowest BCUT2D eigenvalue weighted by Gasteiger charge is -2.12. The largest absolute Gasteiger partial charge is 1.00 e. The average Bonchev–Trinajstić information content (AvgIpc) is 3.05. The number of rotatable bonds is 5. The molecule has 0 fully saturated rings. The maximum Gasteiger partial charge on any atom is 0.257 e. The van der Waals surface area contributed by atoms with Crippen LogP contribution in [0.3, 0.4) is 0 Å². The van der Waals surface area contributed by atoms with Crippen LogP contribution in [0.15, 0.2) is 54.9 Å². The second-order valence-electron chi connectivity index (χ2n) is 8.62. The van der Waals surface area contributed by atoms with Gasteiger partial charge in [-0.05, 0) is 67.5 Å². The molecule has 4 nitrogen and oxygen atoms in total. The van der Waals surface area contributed by atoms with Gasteiger partial charge in [-0.1, -0.05) is 30.3 Å². The van der Waals surface area contributed by atoms with Gasteiger partial charge in [0.2, 0.25) is 0 Å². The van der Waals surface area contributed by atoms with Gasteiger partial charge in [0.1, 0.15) is 5.56 Å². The Morgan fingerprint density at radius 1 is 1.03 bits per heavy atom. The second kappa shape index (κ2) is 9.78. The summed E-state index contributed by atoms with van der Waals surface area (Å²) >= 11 is 0. The molecule has 0 spiro atoms. The third-order valence-electron chi connectivity index (χ3n) is 6.48. The van der Waals surface area contributed by atoms with E-state index < -0.39 is 0 Å². The number of nitrogens with one attached hydrogen (secondary N) is 1. The van der Waals surface area contributed by atoms with Gasteiger partial charge in [-0.15, -0.1) is 0 Å². The fraction of sp³-hybridized carbons (Fsp3) is 0.296. The van der Waals surface area contributed by atoms with Crippen LogP contribution in [0.25, 0.3) is 0 Å². The van der Waals surface area contributed by atoms with Crippen molar-refractivity contribution in [3.63, 3.8) is 0 Å². The van der Waals surface area contributed by atoms with Gasteiger partial charge in [-0.3, -0.25) is 9.59 Å². The van der Waals surface area contributed by atoms with E-state index in [9.17, 15) is 9.59 Å². The molecule has 0 saturated heterocycles. The van der Waals surface area contributed by atoms with Crippen LogP contribution in [0.1, 0.15) is 54.1 Å². The van der Waals surface area contributed by atoms with Crippen molar-refractivity contribution in [1.29, 1.82) is 0 Å². The maximum atomic E-state index is 13.1. The number of halogens is 1. The molecule has 3 aromatic rings. The van der Waals surface area contributed by atoms with Crippen molar-refractivity contribution in [3.8, 4) is 0 Å². The van der Waals surface area contributed by atoms with E-state index in [0.29, 0.717) is 18.5 Å². The third kappa shape index (κ3) is 4.68.